The highest BCUT2D eigenvalue weighted by Gasteiger charge is 2.38. The van der Waals surface area contributed by atoms with Crippen LogP contribution >= 0.6 is 0 Å². The summed E-state index contributed by atoms with van der Waals surface area (Å²) in [5.74, 6) is -3.40. The first kappa shape index (κ1) is 31.0. The van der Waals surface area contributed by atoms with E-state index in [1.165, 1.54) is 25.1 Å². The van der Waals surface area contributed by atoms with Crippen molar-refractivity contribution in [3.8, 4) is 0 Å². The van der Waals surface area contributed by atoms with Gasteiger partial charge in [0.05, 0.1) is 11.7 Å². The number of hydrogen-bond acceptors (Lipinski definition) is 6. The van der Waals surface area contributed by atoms with Crippen molar-refractivity contribution >= 4 is 27.6 Å². The molecular weight excluding hydrogens is 571 g/mol. The molecule has 0 saturated carbocycles. The number of nitrogens with two attached hydrogens (primary N) is 1. The Morgan fingerprint density at radius 1 is 1.00 bits per heavy atom. The van der Waals surface area contributed by atoms with Crippen LogP contribution in [0.25, 0.3) is 0 Å². The van der Waals surface area contributed by atoms with Crippen LogP contribution < -0.4 is 15.4 Å². The number of halogens is 3. The van der Waals surface area contributed by atoms with Crippen molar-refractivity contribution in [2.75, 3.05) is 17.1 Å². The maximum Gasteiger partial charge on any atom is 0.404 e. The average Bonchev–Trinajstić information content (AvgIpc) is 2.92. The molecule has 0 saturated heterocycles. The smallest absolute Gasteiger partial charge is 0.404 e. The lowest BCUT2D eigenvalue weighted by atomic mass is 9.91. The monoisotopic (exact) mass is 603 g/mol. The van der Waals surface area contributed by atoms with Crippen LogP contribution in [0.2, 0.25) is 0 Å². The number of benzene rings is 3. The summed E-state index contributed by atoms with van der Waals surface area (Å²) in [6.45, 7) is 1.14. The fourth-order valence-electron chi connectivity index (χ4n) is 4.80. The van der Waals surface area contributed by atoms with Gasteiger partial charge in [0, 0.05) is 19.0 Å². The molecular formula is C30H32F3N3O5S. The lowest BCUT2D eigenvalue weighted by Gasteiger charge is -2.25. The molecule has 12 heteroatoms. The van der Waals surface area contributed by atoms with Crippen molar-refractivity contribution in [1.29, 1.82) is 0 Å². The number of alkyl halides is 3. The Balaban J connectivity index is 1.77. The number of nitrogens with one attached hydrogen (secondary N) is 1. The van der Waals surface area contributed by atoms with Crippen LogP contribution in [-0.4, -0.2) is 44.8 Å². The Morgan fingerprint density at radius 3 is 2.38 bits per heavy atom. The van der Waals surface area contributed by atoms with Crippen LogP contribution in [0.3, 0.4) is 0 Å². The predicted octanol–water partition coefficient (Wildman–Crippen LogP) is 4.44. The molecule has 3 aromatic carbocycles. The molecule has 4 rings (SSSR count). The molecule has 2 atom stereocenters. The van der Waals surface area contributed by atoms with Crippen LogP contribution in [-0.2, 0) is 39.0 Å². The van der Waals surface area contributed by atoms with Crippen LogP contribution in [0, 0.1) is 0 Å². The van der Waals surface area contributed by atoms with Crippen molar-refractivity contribution in [2.24, 2.45) is 5.73 Å². The van der Waals surface area contributed by atoms with E-state index in [9.17, 15) is 31.2 Å². The number of hydrogen-bond donors (Lipinski definition) is 2. The Kier molecular flexibility index (Phi) is 8.98. The van der Waals surface area contributed by atoms with Crippen molar-refractivity contribution in [2.45, 2.75) is 50.6 Å². The number of amides is 1. The van der Waals surface area contributed by atoms with Crippen LogP contribution in [0.15, 0.2) is 72.8 Å². The van der Waals surface area contributed by atoms with E-state index in [4.69, 9.17) is 10.5 Å². The standard InChI is InChI=1S/C30H32F3N3O5S/c1-29(34)17-21-8-6-7-20(13-21)11-12-26(23-9-4-3-5-10-23)35-27(37)24-14-22(18-41-28(29)38)15-25(16-24)36(2)42(39,40)19-30(31,32)33/h3-10,13-16,26H,11-12,17-19,34H2,1-2H3,(H,35,37)/t26-,29-/m1/s1. The van der Waals surface area contributed by atoms with E-state index in [0.717, 1.165) is 23.7 Å². The molecule has 0 fully saturated rings. The number of cyclic esters (lactones) is 1. The van der Waals surface area contributed by atoms with Gasteiger partial charge in [-0.15, -0.1) is 0 Å². The molecule has 1 aliphatic rings. The van der Waals surface area contributed by atoms with E-state index >= 15 is 0 Å². The molecule has 0 spiro atoms. The molecule has 224 valence electrons. The van der Waals surface area contributed by atoms with Crippen LogP contribution in [0.4, 0.5) is 18.9 Å². The zero-order valence-electron chi connectivity index (χ0n) is 23.1. The number of nitrogens with zero attached hydrogens (tertiary/aromatic N) is 1. The summed E-state index contributed by atoms with van der Waals surface area (Å²) in [4.78, 5) is 26.5. The minimum atomic E-state index is -4.97. The van der Waals surface area contributed by atoms with Gasteiger partial charge in [-0.25, -0.2) is 8.42 Å². The Morgan fingerprint density at radius 2 is 1.69 bits per heavy atom. The van der Waals surface area contributed by atoms with Gasteiger partial charge in [0.15, 0.2) is 5.75 Å². The van der Waals surface area contributed by atoms with Gasteiger partial charge in [-0.3, -0.25) is 13.9 Å². The second-order valence-corrected chi connectivity index (χ2v) is 12.7. The van der Waals surface area contributed by atoms with E-state index in [-0.39, 0.29) is 23.2 Å². The summed E-state index contributed by atoms with van der Waals surface area (Å²) in [6, 6.07) is 20.3. The highest BCUT2D eigenvalue weighted by molar-refractivity contribution is 7.92. The number of esters is 1. The number of aryl methyl sites for hydroxylation is 1. The quantitative estimate of drug-likeness (QED) is 0.426. The second kappa shape index (κ2) is 12.1. The molecule has 0 unspecified atom stereocenters. The number of sulfonamides is 1. The molecule has 42 heavy (non-hydrogen) atoms. The molecule has 1 aliphatic heterocycles. The van der Waals surface area contributed by atoms with Gasteiger partial charge in [0.25, 0.3) is 5.91 Å². The number of carbonyl (C=O) groups excluding carboxylic acids is 2. The average molecular weight is 604 g/mol. The summed E-state index contributed by atoms with van der Waals surface area (Å²) in [7, 11) is -3.87. The van der Waals surface area contributed by atoms with Crippen molar-refractivity contribution in [3.05, 3.63) is 101 Å². The number of ether oxygens (including phenoxy) is 1. The summed E-state index contributed by atoms with van der Waals surface area (Å²) < 4.78 is 70.1. The first-order valence-electron chi connectivity index (χ1n) is 13.2. The predicted molar refractivity (Wildman–Crippen MR) is 152 cm³/mol. The van der Waals surface area contributed by atoms with Gasteiger partial charge >= 0.3 is 12.1 Å². The molecule has 3 N–H and O–H groups in total. The molecule has 3 aromatic rings. The van der Waals surface area contributed by atoms with Crippen molar-refractivity contribution < 1.29 is 35.9 Å². The molecule has 4 bridgehead atoms. The summed E-state index contributed by atoms with van der Waals surface area (Å²) in [6.07, 6.45) is -3.71. The molecule has 0 aliphatic carbocycles. The lowest BCUT2D eigenvalue weighted by Crippen LogP contribution is -2.48. The van der Waals surface area contributed by atoms with Crippen molar-refractivity contribution in [1.82, 2.24) is 5.32 Å². The van der Waals surface area contributed by atoms with E-state index in [0.29, 0.717) is 17.1 Å². The number of rotatable bonds is 4. The molecule has 1 amide bonds. The Hall–Kier alpha value is -3.90. The first-order valence-corrected chi connectivity index (χ1v) is 14.8. The van der Waals surface area contributed by atoms with E-state index in [1.807, 2.05) is 54.6 Å². The van der Waals surface area contributed by atoms with Gasteiger partial charge in [-0.1, -0.05) is 54.6 Å². The minimum absolute atomic E-state index is 0.0156. The highest BCUT2D eigenvalue weighted by Crippen LogP contribution is 2.27. The van der Waals surface area contributed by atoms with Crippen molar-refractivity contribution in [3.63, 3.8) is 0 Å². The Bertz CT molecular complexity index is 1560. The Labute approximate surface area is 242 Å². The third-order valence-corrected chi connectivity index (χ3v) is 8.73. The van der Waals surface area contributed by atoms with Gasteiger partial charge in [-0.05, 0) is 60.2 Å². The third kappa shape index (κ3) is 7.89. The van der Waals surface area contributed by atoms with Crippen LogP contribution in [0.5, 0.6) is 0 Å². The van der Waals surface area contributed by atoms with Gasteiger partial charge in [-0.2, -0.15) is 13.2 Å². The highest BCUT2D eigenvalue weighted by atomic mass is 32.2. The largest absolute Gasteiger partial charge is 0.459 e. The SMILES string of the molecule is CN(c1cc2cc(c1)C(=O)N[C@@H](c1ccccc1)CCc1cccc(c1)C[C@@](C)(N)C(=O)OC2)S(=O)(=O)CC(F)(F)F. The molecule has 0 aromatic heterocycles. The zero-order valence-corrected chi connectivity index (χ0v) is 24.0. The van der Waals surface area contributed by atoms with E-state index in [1.54, 1.807) is 0 Å². The number of carbonyl (C=O) groups is 2. The topological polar surface area (TPSA) is 119 Å². The maximum atomic E-state index is 13.6. The third-order valence-electron chi connectivity index (χ3n) is 6.99. The maximum absolute atomic E-state index is 13.6. The van der Waals surface area contributed by atoms with Gasteiger partial charge in [0.2, 0.25) is 10.0 Å². The zero-order chi connectivity index (χ0) is 30.7. The summed E-state index contributed by atoms with van der Waals surface area (Å²) in [5.41, 5.74) is 7.54. The lowest BCUT2D eigenvalue weighted by molar-refractivity contribution is -0.150. The summed E-state index contributed by atoms with van der Waals surface area (Å²) >= 11 is 0. The molecule has 0 radical (unpaired) electrons. The first-order chi connectivity index (χ1) is 19.6. The number of fused-ring (bicyclic) bond motifs is 4. The van der Waals surface area contributed by atoms with Gasteiger partial charge < -0.3 is 15.8 Å². The van der Waals surface area contributed by atoms with E-state index in [2.05, 4.69) is 5.32 Å². The second-order valence-electron chi connectivity index (χ2n) is 10.7. The molecule has 1 heterocycles. The fraction of sp³-hybridized carbons (Fsp3) is 0.333. The minimum Gasteiger partial charge on any atom is -0.459 e. The van der Waals surface area contributed by atoms with Crippen LogP contribution in [0.1, 0.15) is 52.0 Å². The van der Waals surface area contributed by atoms with Gasteiger partial charge in [0.1, 0.15) is 12.1 Å². The fourth-order valence-corrected chi connectivity index (χ4v) is 5.83. The normalized spacial score (nSPS) is 20.4. The molecule has 8 nitrogen and oxygen atoms in total. The summed E-state index contributed by atoms with van der Waals surface area (Å²) in [5, 5.41) is 2.98. The number of anilines is 1. The van der Waals surface area contributed by atoms with E-state index < -0.39 is 52.0 Å².